The molecule has 86 valence electrons. The van der Waals surface area contributed by atoms with Crippen LogP contribution in [-0.2, 0) is 9.53 Å². The topological polar surface area (TPSA) is 26.3 Å². The van der Waals surface area contributed by atoms with Crippen LogP contribution in [0, 0.1) is 0 Å². The van der Waals surface area contributed by atoms with Gasteiger partial charge in [0.05, 0.1) is 6.61 Å². The van der Waals surface area contributed by atoms with Crippen molar-refractivity contribution in [1.82, 2.24) is 0 Å². The summed E-state index contributed by atoms with van der Waals surface area (Å²) in [6.07, 6.45) is 18.2. The first-order valence-electron chi connectivity index (χ1n) is 5.27. The summed E-state index contributed by atoms with van der Waals surface area (Å²) in [6.45, 7) is 4.15. The third-order valence-corrected chi connectivity index (χ3v) is 1.49. The molecule has 0 bridgehead atoms. The van der Waals surface area contributed by atoms with Crippen LogP contribution in [-0.4, -0.2) is 12.6 Å². The van der Waals surface area contributed by atoms with Crippen LogP contribution in [0.3, 0.4) is 0 Å². The van der Waals surface area contributed by atoms with Gasteiger partial charge in [-0.25, -0.2) is 4.79 Å². The fraction of sp³-hybridized carbons (Fsp3) is 0.214. The molecule has 0 N–H and O–H groups in total. The molecule has 0 spiro atoms. The number of esters is 1. The van der Waals surface area contributed by atoms with Gasteiger partial charge < -0.3 is 4.74 Å². The zero-order valence-corrected chi connectivity index (χ0v) is 9.80. The van der Waals surface area contributed by atoms with E-state index in [2.05, 4.69) is 0 Å². The van der Waals surface area contributed by atoms with E-state index < -0.39 is 0 Å². The first-order chi connectivity index (χ1) is 7.81. The molecule has 0 amide bonds. The second-order valence-electron chi connectivity index (χ2n) is 2.79. The molecule has 16 heavy (non-hydrogen) atoms. The molecule has 0 aromatic heterocycles. The molecule has 0 atom stereocenters. The van der Waals surface area contributed by atoms with Crippen LogP contribution in [0.2, 0.25) is 0 Å². The van der Waals surface area contributed by atoms with Crippen molar-refractivity contribution < 1.29 is 9.53 Å². The van der Waals surface area contributed by atoms with E-state index in [0.717, 1.165) is 0 Å². The lowest BCUT2D eigenvalue weighted by atomic mass is 10.3. The zero-order chi connectivity index (χ0) is 12.1. The lowest BCUT2D eigenvalue weighted by Gasteiger charge is -1.92. The lowest BCUT2D eigenvalue weighted by molar-refractivity contribution is -0.137. The summed E-state index contributed by atoms with van der Waals surface area (Å²) in [6, 6.07) is 0. The number of hydrogen-bond acceptors (Lipinski definition) is 2. The molecule has 0 aromatic rings. The first kappa shape index (κ1) is 14.2. The van der Waals surface area contributed by atoms with Gasteiger partial charge >= 0.3 is 5.97 Å². The number of hydrogen-bond donors (Lipinski definition) is 0. The van der Waals surface area contributed by atoms with E-state index in [4.69, 9.17) is 4.74 Å². The summed E-state index contributed by atoms with van der Waals surface area (Å²) >= 11 is 0. The molecule has 0 saturated heterocycles. The van der Waals surface area contributed by atoms with Crippen LogP contribution in [0.25, 0.3) is 0 Å². The van der Waals surface area contributed by atoms with Crippen molar-refractivity contribution in [2.24, 2.45) is 0 Å². The molecule has 0 aromatic carbocycles. The Morgan fingerprint density at radius 3 is 1.94 bits per heavy atom. The minimum absolute atomic E-state index is 0.316. The fourth-order valence-corrected chi connectivity index (χ4v) is 0.821. The number of carbonyl (C=O) groups is 1. The molecular weight excluding hydrogens is 200 g/mol. The minimum Gasteiger partial charge on any atom is -0.463 e. The maximum Gasteiger partial charge on any atom is 0.330 e. The van der Waals surface area contributed by atoms with Crippen LogP contribution in [0.4, 0.5) is 0 Å². The Morgan fingerprint density at radius 1 is 0.938 bits per heavy atom. The van der Waals surface area contributed by atoms with Crippen LogP contribution in [0.5, 0.6) is 0 Å². The van der Waals surface area contributed by atoms with Gasteiger partial charge in [0.15, 0.2) is 0 Å². The Balaban J connectivity index is 3.80. The first-order valence-corrected chi connectivity index (χ1v) is 5.27. The molecular formula is C14H18O2. The fourth-order valence-electron chi connectivity index (χ4n) is 0.821. The maximum absolute atomic E-state index is 10.9. The predicted molar refractivity (Wildman–Crippen MR) is 68.0 cm³/mol. The second kappa shape index (κ2) is 11.2. The van der Waals surface area contributed by atoms with Crippen LogP contribution in [0.1, 0.15) is 13.8 Å². The highest BCUT2D eigenvalue weighted by molar-refractivity contribution is 5.82. The second-order valence-corrected chi connectivity index (χ2v) is 2.79. The van der Waals surface area contributed by atoms with Gasteiger partial charge in [0.2, 0.25) is 0 Å². The lowest BCUT2D eigenvalue weighted by Crippen LogP contribution is -1.98. The minimum atomic E-state index is -0.316. The van der Waals surface area contributed by atoms with E-state index in [9.17, 15) is 4.79 Å². The summed E-state index contributed by atoms with van der Waals surface area (Å²) in [5, 5.41) is 0. The van der Waals surface area contributed by atoms with Gasteiger partial charge in [0, 0.05) is 6.08 Å². The molecule has 0 radical (unpaired) electrons. The van der Waals surface area contributed by atoms with Crippen molar-refractivity contribution in [3.05, 3.63) is 60.8 Å². The van der Waals surface area contributed by atoms with Gasteiger partial charge in [-0.05, 0) is 13.8 Å². The van der Waals surface area contributed by atoms with Gasteiger partial charge in [0.25, 0.3) is 0 Å². The largest absolute Gasteiger partial charge is 0.463 e. The molecule has 0 heterocycles. The van der Waals surface area contributed by atoms with Gasteiger partial charge in [-0.15, -0.1) is 0 Å². The summed E-state index contributed by atoms with van der Waals surface area (Å²) < 4.78 is 4.72. The molecule has 0 rings (SSSR count). The predicted octanol–water partition coefficient (Wildman–Crippen LogP) is 3.35. The molecule has 0 saturated carbocycles. The Labute approximate surface area is 97.3 Å². The standard InChI is InChI=1S/C14H18O2/c1-3-5-6-7-8-9-10-11-12-13-14(15)16-4-2/h3,5-13H,4H2,1-2H3. The van der Waals surface area contributed by atoms with Crippen LogP contribution >= 0.6 is 0 Å². The van der Waals surface area contributed by atoms with Crippen molar-refractivity contribution in [2.75, 3.05) is 6.61 Å². The SMILES string of the molecule is CC=CC=CC=CC=CC=CC(=O)OCC. The highest BCUT2D eigenvalue weighted by Crippen LogP contribution is 1.85. The number of ether oxygens (including phenoxy) is 1. The maximum atomic E-state index is 10.9. The van der Waals surface area contributed by atoms with Gasteiger partial charge in [-0.3, -0.25) is 0 Å². The Kier molecular flexibility index (Phi) is 9.96. The summed E-state index contributed by atoms with van der Waals surface area (Å²) in [4.78, 5) is 10.9. The smallest absolute Gasteiger partial charge is 0.330 e. The third-order valence-electron chi connectivity index (χ3n) is 1.49. The molecule has 0 fully saturated rings. The number of allylic oxidation sites excluding steroid dienone is 9. The highest BCUT2D eigenvalue weighted by Gasteiger charge is 1.89. The molecule has 0 unspecified atom stereocenters. The van der Waals surface area contributed by atoms with E-state index in [1.54, 1.807) is 19.1 Å². The van der Waals surface area contributed by atoms with Crippen molar-refractivity contribution >= 4 is 5.97 Å². The van der Waals surface area contributed by atoms with Gasteiger partial charge in [0.1, 0.15) is 0 Å². The quantitative estimate of drug-likeness (QED) is 0.388. The molecule has 0 aliphatic heterocycles. The van der Waals surface area contributed by atoms with E-state index in [1.807, 2.05) is 49.5 Å². The summed E-state index contributed by atoms with van der Waals surface area (Å²) in [5.41, 5.74) is 0. The van der Waals surface area contributed by atoms with Crippen molar-refractivity contribution in [3.63, 3.8) is 0 Å². The van der Waals surface area contributed by atoms with Gasteiger partial charge in [-0.1, -0.05) is 54.7 Å². The van der Waals surface area contributed by atoms with Gasteiger partial charge in [-0.2, -0.15) is 0 Å². The van der Waals surface area contributed by atoms with E-state index in [-0.39, 0.29) is 5.97 Å². The Bertz CT molecular complexity index is 318. The van der Waals surface area contributed by atoms with Crippen molar-refractivity contribution in [1.29, 1.82) is 0 Å². The van der Waals surface area contributed by atoms with E-state index in [1.165, 1.54) is 6.08 Å². The van der Waals surface area contributed by atoms with Crippen molar-refractivity contribution in [2.45, 2.75) is 13.8 Å². The van der Waals surface area contributed by atoms with Crippen LogP contribution < -0.4 is 0 Å². The normalized spacial score (nSPS) is 12.9. The third kappa shape index (κ3) is 10.3. The number of carbonyl (C=O) groups excluding carboxylic acids is 1. The molecule has 2 heteroatoms. The molecule has 0 aliphatic rings. The number of rotatable bonds is 6. The summed E-state index contributed by atoms with van der Waals surface area (Å²) in [5.74, 6) is -0.316. The monoisotopic (exact) mass is 218 g/mol. The average molecular weight is 218 g/mol. The van der Waals surface area contributed by atoms with E-state index >= 15 is 0 Å². The highest BCUT2D eigenvalue weighted by atomic mass is 16.5. The van der Waals surface area contributed by atoms with E-state index in [0.29, 0.717) is 6.61 Å². The molecule has 0 aliphatic carbocycles. The van der Waals surface area contributed by atoms with Crippen LogP contribution in [0.15, 0.2) is 60.8 Å². The Morgan fingerprint density at radius 2 is 1.44 bits per heavy atom. The average Bonchev–Trinajstić information content (AvgIpc) is 2.27. The van der Waals surface area contributed by atoms with Crippen molar-refractivity contribution in [3.8, 4) is 0 Å². The Hall–Kier alpha value is -1.83. The zero-order valence-electron chi connectivity index (χ0n) is 9.80. The summed E-state index contributed by atoms with van der Waals surface area (Å²) in [7, 11) is 0. The molecule has 2 nitrogen and oxygen atoms in total.